The summed E-state index contributed by atoms with van der Waals surface area (Å²) in [7, 11) is 3.53. The number of hydrogen-bond acceptors (Lipinski definition) is 9. The summed E-state index contributed by atoms with van der Waals surface area (Å²) in [5, 5.41) is 38.0. The van der Waals surface area contributed by atoms with E-state index < -0.39 is 12.3 Å². The van der Waals surface area contributed by atoms with Gasteiger partial charge in [0.1, 0.15) is 12.0 Å². The zero-order valence-electron chi connectivity index (χ0n) is 24.5. The summed E-state index contributed by atoms with van der Waals surface area (Å²) >= 11 is 0. The third-order valence-electron chi connectivity index (χ3n) is 9.21. The van der Waals surface area contributed by atoms with Crippen molar-refractivity contribution in [2.45, 2.75) is 77.4 Å². The molecule has 6 rings (SSSR count). The second-order valence-corrected chi connectivity index (χ2v) is 12.0. The van der Waals surface area contributed by atoms with E-state index in [0.717, 1.165) is 27.8 Å². The van der Waals surface area contributed by atoms with Gasteiger partial charge in [-0.1, -0.05) is 19.9 Å². The number of nitrogens with one attached hydrogen (secondary N) is 1. The van der Waals surface area contributed by atoms with Gasteiger partial charge in [-0.15, -0.1) is 0 Å². The van der Waals surface area contributed by atoms with Crippen LogP contribution in [0.3, 0.4) is 0 Å². The van der Waals surface area contributed by atoms with Crippen LogP contribution in [0.4, 0.5) is 0 Å². The fraction of sp³-hybridized carbons (Fsp3) is 0.567. The molecule has 1 radical (unpaired) electrons. The smallest absolute Gasteiger partial charge is 0.231 e. The van der Waals surface area contributed by atoms with Crippen LogP contribution in [0.1, 0.15) is 65.7 Å². The van der Waals surface area contributed by atoms with E-state index in [1.54, 1.807) is 7.11 Å². The van der Waals surface area contributed by atoms with E-state index in [0.29, 0.717) is 42.1 Å². The molecule has 2 aromatic rings. The molecule has 1 fully saturated rings. The van der Waals surface area contributed by atoms with Gasteiger partial charge >= 0.3 is 0 Å². The average Bonchev–Trinajstić information content (AvgIpc) is 3.38. The third kappa shape index (κ3) is 4.71. The Morgan fingerprint density at radius 2 is 1.83 bits per heavy atom. The number of phenolic OH excluding ortho intramolecular Hbond substituents is 2. The molecule has 2 bridgehead atoms. The molecule has 4 heterocycles. The van der Waals surface area contributed by atoms with Crippen molar-refractivity contribution in [3.05, 3.63) is 39.4 Å². The van der Waals surface area contributed by atoms with Crippen molar-refractivity contribution in [2.75, 3.05) is 27.5 Å². The number of phenols is 2. The van der Waals surface area contributed by atoms with Gasteiger partial charge < -0.3 is 34.8 Å². The minimum atomic E-state index is -0.870. The van der Waals surface area contributed by atoms with Gasteiger partial charge in [0, 0.05) is 85.3 Å². The molecule has 10 nitrogen and oxygen atoms in total. The van der Waals surface area contributed by atoms with Gasteiger partial charge in [0.05, 0.1) is 25.2 Å². The summed E-state index contributed by atoms with van der Waals surface area (Å²) < 4.78 is 17.3. The van der Waals surface area contributed by atoms with Crippen LogP contribution in [0.15, 0.2) is 6.07 Å². The number of amides is 1. The Morgan fingerprint density at radius 1 is 1.12 bits per heavy atom. The van der Waals surface area contributed by atoms with E-state index in [2.05, 4.69) is 15.1 Å². The van der Waals surface area contributed by atoms with E-state index >= 15 is 0 Å². The maximum absolute atomic E-state index is 12.8. The molecule has 2 aromatic carbocycles. The molecular formula is C30H39AcN3O7. The average molecular weight is 781 g/mol. The van der Waals surface area contributed by atoms with Crippen LogP contribution < -0.4 is 19.5 Å². The largest absolute Gasteiger partial charge is 0.507 e. The number of fused-ring (bicyclic) bond motifs is 9. The van der Waals surface area contributed by atoms with Crippen LogP contribution in [0.5, 0.6) is 28.7 Å². The number of likely N-dealkylation sites (N-methyl/N-ethyl adjacent to an activating group) is 1. The Morgan fingerprint density at radius 3 is 2.51 bits per heavy atom. The van der Waals surface area contributed by atoms with E-state index in [1.807, 2.05) is 40.8 Å². The van der Waals surface area contributed by atoms with Crippen molar-refractivity contribution in [3.63, 3.8) is 0 Å². The third-order valence-corrected chi connectivity index (χ3v) is 9.21. The Bertz CT molecular complexity index is 1380. The second-order valence-electron chi connectivity index (χ2n) is 12.0. The Labute approximate surface area is 276 Å². The van der Waals surface area contributed by atoms with Crippen LogP contribution in [0.2, 0.25) is 0 Å². The number of nitrogens with zero attached hydrogens (tertiary/aromatic N) is 2. The molecule has 4 N–H and O–H groups in total. The summed E-state index contributed by atoms with van der Waals surface area (Å²) in [6.45, 7) is 7.97. The van der Waals surface area contributed by atoms with Gasteiger partial charge in [0.15, 0.2) is 23.0 Å². The summed E-state index contributed by atoms with van der Waals surface area (Å²) in [5.74, 6) is 1.88. The first kappa shape index (κ1) is 30.7. The quantitative estimate of drug-likeness (QED) is 0.363. The molecule has 0 saturated carbocycles. The van der Waals surface area contributed by atoms with Gasteiger partial charge in [-0.05, 0) is 50.8 Å². The molecule has 5 atom stereocenters. The summed E-state index contributed by atoms with van der Waals surface area (Å²) in [5.41, 5.74) is 4.68. The second kappa shape index (κ2) is 11.4. The number of ether oxygens (including phenoxy) is 3. The molecule has 219 valence electrons. The van der Waals surface area contributed by atoms with Crippen LogP contribution >= 0.6 is 0 Å². The zero-order valence-corrected chi connectivity index (χ0v) is 29.3. The van der Waals surface area contributed by atoms with Crippen LogP contribution in [0.25, 0.3) is 0 Å². The Hall–Kier alpha value is -1.77. The molecule has 0 spiro atoms. The number of hydrogen-bond donors (Lipinski definition) is 4. The van der Waals surface area contributed by atoms with Gasteiger partial charge in [-0.3, -0.25) is 14.6 Å². The number of aryl methyl sites for hydroxylation is 1. The first-order chi connectivity index (χ1) is 19.0. The van der Waals surface area contributed by atoms with E-state index in [9.17, 15) is 20.1 Å². The maximum atomic E-state index is 12.8. The molecule has 1 amide bonds. The minimum absolute atomic E-state index is 0. The van der Waals surface area contributed by atoms with Crippen LogP contribution in [-0.2, 0) is 17.6 Å². The standard InChI is InChI=1S/C30H39N3O7.Ac/c1-13(2)7-21(34)31-11-20-23-17(25(35)15(4)28-29(23)40-12-39-28)10-18-24-22-16(8-14(3)27(38-6)26(22)36)9-19(32(24)5)30(37)33(18)20;/h8,13,18-20,24,30,35-37H,7,9-12H2,1-6H3,(H,31,34);/t18?,19-,20-,24-,30?;/m0./s1. The van der Waals surface area contributed by atoms with Gasteiger partial charge in [-0.25, -0.2) is 0 Å². The number of piperazine rings is 1. The first-order valence-corrected chi connectivity index (χ1v) is 14.0. The van der Waals surface area contributed by atoms with E-state index in [-0.39, 0.29) is 98.8 Å². The zero-order chi connectivity index (χ0) is 28.6. The van der Waals surface area contributed by atoms with E-state index in [1.165, 1.54) is 0 Å². The predicted octanol–water partition coefficient (Wildman–Crippen LogP) is 2.81. The number of benzene rings is 2. The number of aromatic hydroxyl groups is 2. The first-order valence-electron chi connectivity index (χ1n) is 14.0. The minimum Gasteiger partial charge on any atom is -0.507 e. The number of rotatable bonds is 5. The number of aliphatic hydroxyl groups is 1. The molecule has 0 aliphatic carbocycles. The SMILES string of the molecule is COc1c(C)cc2c(c1O)[C@@H]1C3Cc4c(O)c(C)c5c(c4[C@H](CNC(=O)CC(C)C)N3C(O)[C@H](C2)N1C)OCO5.[Ac]. The molecule has 0 aromatic heterocycles. The normalized spacial score (nSPS) is 26.1. The monoisotopic (exact) mass is 780 g/mol. The fourth-order valence-electron chi connectivity index (χ4n) is 7.51. The molecule has 2 unspecified atom stereocenters. The Balaban J connectivity index is 0.00000337. The van der Waals surface area contributed by atoms with Crippen molar-refractivity contribution in [1.82, 2.24) is 15.1 Å². The topological polar surface area (TPSA) is 124 Å². The number of aliphatic hydroxyl groups excluding tert-OH is 1. The van der Waals surface area contributed by atoms with Crippen LogP contribution in [-0.4, -0.2) is 76.8 Å². The van der Waals surface area contributed by atoms with Gasteiger partial charge in [0.2, 0.25) is 12.7 Å². The molecule has 11 heteroatoms. The van der Waals surface area contributed by atoms with Gasteiger partial charge in [-0.2, -0.15) is 0 Å². The van der Waals surface area contributed by atoms with E-state index in [4.69, 9.17) is 14.2 Å². The fourth-order valence-corrected chi connectivity index (χ4v) is 7.51. The molecular weight excluding hydrogens is 741 g/mol. The number of methoxy groups -OCH3 is 1. The van der Waals surface area contributed by atoms with Crippen molar-refractivity contribution >= 4 is 5.91 Å². The summed E-state index contributed by atoms with van der Waals surface area (Å²) in [6, 6.07) is 0.693. The van der Waals surface area contributed by atoms with Crippen molar-refractivity contribution in [3.8, 4) is 28.7 Å². The molecule has 1 saturated heterocycles. The van der Waals surface area contributed by atoms with Crippen molar-refractivity contribution in [2.24, 2.45) is 5.92 Å². The predicted molar refractivity (Wildman–Crippen MR) is 147 cm³/mol. The number of carbonyl (C=O) groups is 1. The van der Waals surface area contributed by atoms with Gasteiger partial charge in [0.25, 0.3) is 0 Å². The van der Waals surface area contributed by atoms with Crippen LogP contribution in [0, 0.1) is 63.8 Å². The Kier molecular flexibility index (Phi) is 8.52. The maximum Gasteiger partial charge on any atom is 0.231 e. The van der Waals surface area contributed by atoms with Crippen molar-refractivity contribution in [1.29, 1.82) is 0 Å². The molecule has 4 aliphatic heterocycles. The molecule has 4 aliphatic rings. The summed E-state index contributed by atoms with van der Waals surface area (Å²) in [6.07, 6.45) is 0.464. The van der Waals surface area contributed by atoms with Crippen molar-refractivity contribution < 1.29 is 78.4 Å². The summed E-state index contributed by atoms with van der Waals surface area (Å²) in [4.78, 5) is 17.0. The molecule has 41 heavy (non-hydrogen) atoms. The number of carbonyl (C=O) groups excluding carboxylic acids is 1.